The first-order valence-electron chi connectivity index (χ1n) is 12.9. The summed E-state index contributed by atoms with van der Waals surface area (Å²) in [7, 11) is 0. The van der Waals surface area contributed by atoms with Crippen LogP contribution in [0.1, 0.15) is 42.9 Å². The van der Waals surface area contributed by atoms with Gasteiger partial charge < -0.3 is 19.7 Å². The number of anilines is 1. The van der Waals surface area contributed by atoms with Crippen molar-refractivity contribution in [2.45, 2.75) is 39.0 Å². The summed E-state index contributed by atoms with van der Waals surface area (Å²) in [6, 6.07) is 16.5. The summed E-state index contributed by atoms with van der Waals surface area (Å²) in [5, 5.41) is 9.67. The van der Waals surface area contributed by atoms with E-state index in [2.05, 4.69) is 55.7 Å². The van der Waals surface area contributed by atoms with Crippen LogP contribution in [0.2, 0.25) is 0 Å². The quantitative estimate of drug-likeness (QED) is 0.289. The highest BCUT2D eigenvalue weighted by molar-refractivity contribution is 6.11. The molecule has 0 spiro atoms. The van der Waals surface area contributed by atoms with Gasteiger partial charge in [-0.3, -0.25) is 0 Å². The van der Waals surface area contributed by atoms with Crippen LogP contribution in [-0.2, 0) is 6.42 Å². The van der Waals surface area contributed by atoms with Gasteiger partial charge in [0.1, 0.15) is 17.3 Å². The molecule has 8 heteroatoms. The zero-order valence-corrected chi connectivity index (χ0v) is 20.6. The van der Waals surface area contributed by atoms with Gasteiger partial charge in [-0.05, 0) is 63.5 Å². The van der Waals surface area contributed by atoms with E-state index in [0.717, 1.165) is 58.7 Å². The Balaban J connectivity index is 1.32. The molecule has 0 radical (unpaired) electrons. The number of nitrogens with zero attached hydrogens (tertiary/aromatic N) is 5. The number of H-pyrrole nitrogens is 1. The van der Waals surface area contributed by atoms with Crippen LogP contribution in [0.25, 0.3) is 33.4 Å². The van der Waals surface area contributed by atoms with E-state index in [-0.39, 0.29) is 0 Å². The van der Waals surface area contributed by atoms with E-state index in [1.165, 1.54) is 37.9 Å². The third-order valence-corrected chi connectivity index (χ3v) is 6.87. The minimum Gasteiger partial charge on any atom is -0.369 e. The molecular weight excluding hydrogens is 450 g/mol. The van der Waals surface area contributed by atoms with Gasteiger partial charge in [-0.2, -0.15) is 4.98 Å². The Morgan fingerprint density at radius 3 is 2.67 bits per heavy atom. The van der Waals surface area contributed by atoms with E-state index in [4.69, 9.17) is 14.5 Å². The van der Waals surface area contributed by atoms with Gasteiger partial charge >= 0.3 is 0 Å². The zero-order valence-electron chi connectivity index (χ0n) is 20.6. The predicted molar refractivity (Wildman–Crippen MR) is 142 cm³/mol. The number of piperidine rings is 1. The Morgan fingerprint density at radius 2 is 1.86 bits per heavy atom. The lowest BCUT2D eigenvalue weighted by molar-refractivity contribution is 0.228. The second kappa shape index (κ2) is 10.1. The summed E-state index contributed by atoms with van der Waals surface area (Å²) in [6.45, 7) is 6.27. The fraction of sp³-hybridized carbons (Fsp3) is 0.357. The van der Waals surface area contributed by atoms with Crippen molar-refractivity contribution < 1.29 is 4.52 Å². The minimum atomic E-state index is 0.514. The second-order valence-corrected chi connectivity index (χ2v) is 9.59. The highest BCUT2D eigenvalue weighted by Gasteiger charge is 2.16. The maximum absolute atomic E-state index is 5.38. The fourth-order valence-electron chi connectivity index (χ4n) is 5.07. The number of aryl methyl sites for hydroxylation is 1. The number of likely N-dealkylation sites (tertiary alicyclic amines) is 1. The molecule has 1 aliphatic heterocycles. The number of nitrogens with one attached hydrogen (secondary N) is 2. The van der Waals surface area contributed by atoms with Crippen molar-refractivity contribution in [1.82, 2.24) is 30.0 Å². The van der Waals surface area contributed by atoms with E-state index in [1.54, 1.807) is 0 Å². The fourth-order valence-corrected chi connectivity index (χ4v) is 5.07. The maximum Gasteiger partial charge on any atom is 0.257 e. The highest BCUT2D eigenvalue weighted by atomic mass is 16.5. The average molecular weight is 482 g/mol. The monoisotopic (exact) mass is 481 g/mol. The SMILES string of the molecule is Cc1noc(-c2ccc3c(c2)[nH]c2nc(Cc4ccccc4)nc(NCCCN4CCCCC4)c23)n1. The van der Waals surface area contributed by atoms with Gasteiger partial charge in [0, 0.05) is 29.4 Å². The standard InChI is InChI=1S/C28H31N7O/c1-19-30-28(36-34-19)21-11-12-22-23(18-21)31-27-25(22)26(29-13-8-16-35-14-6-3-7-15-35)32-24(33-27)17-20-9-4-2-5-10-20/h2,4-5,9-12,18H,3,6-8,13-17H2,1H3,(H2,29,31,32,33). The van der Waals surface area contributed by atoms with Crippen LogP contribution in [0.4, 0.5) is 5.82 Å². The number of rotatable bonds is 8. The highest BCUT2D eigenvalue weighted by Crippen LogP contribution is 2.32. The molecule has 0 atom stereocenters. The van der Waals surface area contributed by atoms with Crippen molar-refractivity contribution >= 4 is 27.8 Å². The first kappa shape index (κ1) is 22.7. The molecule has 6 rings (SSSR count). The van der Waals surface area contributed by atoms with Gasteiger partial charge in [0.2, 0.25) is 0 Å². The first-order valence-corrected chi connectivity index (χ1v) is 12.9. The topological polar surface area (TPSA) is 95.8 Å². The van der Waals surface area contributed by atoms with Crippen molar-refractivity contribution in [3.8, 4) is 11.5 Å². The molecule has 184 valence electrons. The number of aromatic nitrogens is 5. The lowest BCUT2D eigenvalue weighted by Gasteiger charge is -2.26. The third kappa shape index (κ3) is 4.81. The number of hydrogen-bond acceptors (Lipinski definition) is 7. The van der Waals surface area contributed by atoms with Gasteiger partial charge in [-0.25, -0.2) is 9.97 Å². The number of hydrogen-bond donors (Lipinski definition) is 2. The largest absolute Gasteiger partial charge is 0.369 e. The normalized spacial score (nSPS) is 14.6. The van der Waals surface area contributed by atoms with Crippen molar-refractivity contribution in [3.63, 3.8) is 0 Å². The van der Waals surface area contributed by atoms with Crippen LogP contribution in [0.3, 0.4) is 0 Å². The molecule has 3 aromatic heterocycles. The number of benzene rings is 2. The molecule has 0 aliphatic carbocycles. The lowest BCUT2D eigenvalue weighted by atomic mass is 10.1. The summed E-state index contributed by atoms with van der Waals surface area (Å²) in [4.78, 5) is 20.4. The van der Waals surface area contributed by atoms with Crippen LogP contribution in [-0.4, -0.2) is 56.2 Å². The predicted octanol–water partition coefficient (Wildman–Crippen LogP) is 5.35. The van der Waals surface area contributed by atoms with Crippen LogP contribution < -0.4 is 5.32 Å². The average Bonchev–Trinajstić information content (AvgIpc) is 3.50. The van der Waals surface area contributed by atoms with Gasteiger partial charge in [0.25, 0.3) is 5.89 Å². The molecule has 0 saturated carbocycles. The maximum atomic E-state index is 5.38. The molecule has 1 saturated heterocycles. The first-order chi connectivity index (χ1) is 17.7. The number of fused-ring (bicyclic) bond motifs is 3. The van der Waals surface area contributed by atoms with Gasteiger partial charge in [-0.15, -0.1) is 0 Å². The molecular formula is C28H31N7O. The van der Waals surface area contributed by atoms with E-state index in [1.807, 2.05) is 25.1 Å². The van der Waals surface area contributed by atoms with E-state index in [0.29, 0.717) is 18.1 Å². The summed E-state index contributed by atoms with van der Waals surface area (Å²) in [5.41, 5.74) is 3.88. The molecule has 5 aromatic rings. The summed E-state index contributed by atoms with van der Waals surface area (Å²) in [6.07, 6.45) is 5.78. The Morgan fingerprint density at radius 1 is 1.00 bits per heavy atom. The smallest absolute Gasteiger partial charge is 0.257 e. The number of aromatic amines is 1. The minimum absolute atomic E-state index is 0.514. The molecule has 0 bridgehead atoms. The van der Waals surface area contributed by atoms with E-state index < -0.39 is 0 Å². The molecule has 36 heavy (non-hydrogen) atoms. The van der Waals surface area contributed by atoms with Crippen molar-refractivity contribution in [2.75, 3.05) is 31.5 Å². The van der Waals surface area contributed by atoms with Crippen LogP contribution >= 0.6 is 0 Å². The van der Waals surface area contributed by atoms with Crippen LogP contribution in [0.5, 0.6) is 0 Å². The molecule has 8 nitrogen and oxygen atoms in total. The van der Waals surface area contributed by atoms with Crippen LogP contribution in [0.15, 0.2) is 53.1 Å². The van der Waals surface area contributed by atoms with Gasteiger partial charge in [0.05, 0.1) is 5.39 Å². The summed E-state index contributed by atoms with van der Waals surface area (Å²) >= 11 is 0. The Kier molecular flexibility index (Phi) is 6.34. The summed E-state index contributed by atoms with van der Waals surface area (Å²) in [5.74, 6) is 2.82. The van der Waals surface area contributed by atoms with Crippen molar-refractivity contribution in [1.29, 1.82) is 0 Å². The summed E-state index contributed by atoms with van der Waals surface area (Å²) < 4.78 is 5.38. The molecule has 0 unspecified atom stereocenters. The Labute approximate surface area is 210 Å². The molecule has 1 fully saturated rings. The third-order valence-electron chi connectivity index (χ3n) is 6.87. The van der Waals surface area contributed by atoms with Crippen LogP contribution in [0, 0.1) is 6.92 Å². The molecule has 0 amide bonds. The molecule has 2 aromatic carbocycles. The molecule has 2 N–H and O–H groups in total. The second-order valence-electron chi connectivity index (χ2n) is 9.59. The zero-order chi connectivity index (χ0) is 24.3. The van der Waals surface area contributed by atoms with Gasteiger partial charge in [-0.1, -0.05) is 48.0 Å². The molecule has 4 heterocycles. The van der Waals surface area contributed by atoms with Crippen molar-refractivity contribution in [3.05, 3.63) is 65.7 Å². The van der Waals surface area contributed by atoms with E-state index >= 15 is 0 Å². The Bertz CT molecular complexity index is 1470. The van der Waals surface area contributed by atoms with Gasteiger partial charge in [0.15, 0.2) is 5.82 Å². The molecule has 1 aliphatic rings. The van der Waals surface area contributed by atoms with Crippen molar-refractivity contribution in [2.24, 2.45) is 0 Å². The van der Waals surface area contributed by atoms with E-state index in [9.17, 15) is 0 Å². The Hall–Kier alpha value is -3.78. The lowest BCUT2D eigenvalue weighted by Crippen LogP contribution is -2.31.